The second kappa shape index (κ2) is 5.15. The van der Waals surface area contributed by atoms with Gasteiger partial charge in [-0.1, -0.05) is 0 Å². The topological polar surface area (TPSA) is 47.4 Å². The quantitative estimate of drug-likeness (QED) is 0.836. The van der Waals surface area contributed by atoms with Gasteiger partial charge in [0.2, 0.25) is 0 Å². The van der Waals surface area contributed by atoms with Crippen LogP contribution in [0.1, 0.15) is 39.7 Å². The van der Waals surface area contributed by atoms with Crippen molar-refractivity contribution in [3.05, 3.63) is 16.9 Å². The van der Waals surface area contributed by atoms with Crippen molar-refractivity contribution in [2.75, 3.05) is 7.05 Å². The average molecular weight is 330 g/mol. The third kappa shape index (κ3) is 3.49. The van der Waals surface area contributed by atoms with Crippen molar-refractivity contribution in [2.45, 2.75) is 51.3 Å². The van der Waals surface area contributed by atoms with Gasteiger partial charge in [-0.2, -0.15) is 5.10 Å². The van der Waals surface area contributed by atoms with E-state index in [0.29, 0.717) is 6.04 Å². The van der Waals surface area contributed by atoms with Crippen LogP contribution in [-0.2, 0) is 4.74 Å². The Morgan fingerprint density at radius 3 is 2.63 bits per heavy atom. The maximum atomic E-state index is 11.9. The van der Waals surface area contributed by atoms with Crippen LogP contribution in [0.4, 0.5) is 4.79 Å². The van der Waals surface area contributed by atoms with Gasteiger partial charge in [-0.05, 0) is 49.5 Å². The molecule has 0 radical (unpaired) electrons. The first-order valence-corrected chi connectivity index (χ1v) is 7.21. The lowest BCUT2D eigenvalue weighted by molar-refractivity contribution is 0.00687. The van der Waals surface area contributed by atoms with Crippen molar-refractivity contribution >= 4 is 22.0 Å². The highest BCUT2D eigenvalue weighted by Gasteiger charge is 2.37. The summed E-state index contributed by atoms with van der Waals surface area (Å²) in [5.41, 5.74) is -0.443. The van der Waals surface area contributed by atoms with Gasteiger partial charge in [0.15, 0.2) is 0 Å². The fourth-order valence-corrected chi connectivity index (χ4v) is 2.39. The van der Waals surface area contributed by atoms with Gasteiger partial charge < -0.3 is 9.64 Å². The number of aromatic nitrogens is 2. The molecular weight excluding hydrogens is 310 g/mol. The first kappa shape index (κ1) is 14.4. The summed E-state index contributed by atoms with van der Waals surface area (Å²) < 4.78 is 8.29. The molecule has 0 N–H and O–H groups in total. The number of hydrogen-bond donors (Lipinski definition) is 0. The Morgan fingerprint density at radius 1 is 1.53 bits per heavy atom. The lowest BCUT2D eigenvalue weighted by atomic mass is 9.86. The van der Waals surface area contributed by atoms with Gasteiger partial charge in [0.25, 0.3) is 0 Å². The van der Waals surface area contributed by atoms with Gasteiger partial charge in [-0.25, -0.2) is 4.79 Å². The molecule has 1 aromatic heterocycles. The van der Waals surface area contributed by atoms with Crippen molar-refractivity contribution in [3.8, 4) is 0 Å². The normalized spacial score (nSPS) is 22.8. The average Bonchev–Trinajstić information content (AvgIpc) is 2.59. The second-order valence-electron chi connectivity index (χ2n) is 6.01. The summed E-state index contributed by atoms with van der Waals surface area (Å²) in [6, 6.07) is 0.615. The summed E-state index contributed by atoms with van der Waals surface area (Å²) in [6.07, 6.45) is 5.34. The minimum Gasteiger partial charge on any atom is -0.444 e. The van der Waals surface area contributed by atoms with Crippen molar-refractivity contribution in [2.24, 2.45) is 0 Å². The third-order valence-electron chi connectivity index (χ3n) is 3.26. The monoisotopic (exact) mass is 329 g/mol. The van der Waals surface area contributed by atoms with E-state index in [0.717, 1.165) is 17.3 Å². The zero-order chi connectivity index (χ0) is 14.2. The lowest BCUT2D eigenvalue weighted by Crippen LogP contribution is -2.47. The molecule has 0 unspecified atom stereocenters. The number of hydrogen-bond acceptors (Lipinski definition) is 3. The van der Waals surface area contributed by atoms with Gasteiger partial charge in [0, 0.05) is 19.3 Å². The van der Waals surface area contributed by atoms with E-state index in [2.05, 4.69) is 21.0 Å². The highest BCUT2D eigenvalue weighted by atomic mass is 79.9. The molecule has 1 aromatic rings. The van der Waals surface area contributed by atoms with Crippen LogP contribution in [0.3, 0.4) is 0 Å². The standard InChI is InChI=1S/C13H20BrN3O2/c1-13(2,3)19-12(18)16(4)10-5-11(6-10)17-8-9(14)7-15-17/h7-8,10-11H,5-6H2,1-4H3. The van der Waals surface area contributed by atoms with Crippen LogP contribution >= 0.6 is 15.9 Å². The molecule has 6 heteroatoms. The van der Waals surface area contributed by atoms with Crippen molar-refractivity contribution in [1.82, 2.24) is 14.7 Å². The molecule has 1 amide bonds. The lowest BCUT2D eigenvalue weighted by Gasteiger charge is -2.41. The van der Waals surface area contributed by atoms with E-state index < -0.39 is 5.60 Å². The smallest absolute Gasteiger partial charge is 0.410 e. The molecule has 0 atom stereocenters. The molecule has 1 aliphatic rings. The maximum Gasteiger partial charge on any atom is 0.410 e. The predicted molar refractivity (Wildman–Crippen MR) is 76.0 cm³/mol. The molecule has 106 valence electrons. The van der Waals surface area contributed by atoms with Crippen molar-refractivity contribution in [3.63, 3.8) is 0 Å². The zero-order valence-electron chi connectivity index (χ0n) is 11.8. The van der Waals surface area contributed by atoms with E-state index in [4.69, 9.17) is 4.74 Å². The van der Waals surface area contributed by atoms with Crippen LogP contribution in [-0.4, -0.2) is 39.5 Å². The number of amides is 1. The summed E-state index contributed by atoms with van der Waals surface area (Å²) in [5.74, 6) is 0. The van der Waals surface area contributed by atoms with Gasteiger partial charge in [0.1, 0.15) is 5.60 Å². The molecular formula is C13H20BrN3O2. The molecule has 1 saturated carbocycles. The Kier molecular flexibility index (Phi) is 3.90. The second-order valence-corrected chi connectivity index (χ2v) is 6.92. The first-order valence-electron chi connectivity index (χ1n) is 6.42. The predicted octanol–water partition coefficient (Wildman–Crippen LogP) is 3.22. The summed E-state index contributed by atoms with van der Waals surface area (Å²) in [5, 5.41) is 4.27. The summed E-state index contributed by atoms with van der Waals surface area (Å²) in [4.78, 5) is 13.6. The first-order chi connectivity index (χ1) is 8.76. The van der Waals surface area contributed by atoms with E-state index in [1.54, 1.807) is 18.1 Å². The fraction of sp³-hybridized carbons (Fsp3) is 0.692. The number of rotatable bonds is 2. The Morgan fingerprint density at radius 2 is 2.16 bits per heavy atom. The van der Waals surface area contributed by atoms with E-state index in [-0.39, 0.29) is 12.1 Å². The molecule has 0 bridgehead atoms. The fourth-order valence-electron chi connectivity index (χ4n) is 2.09. The van der Waals surface area contributed by atoms with Crippen molar-refractivity contribution < 1.29 is 9.53 Å². The molecule has 1 aliphatic carbocycles. The van der Waals surface area contributed by atoms with Gasteiger partial charge >= 0.3 is 6.09 Å². The molecule has 5 nitrogen and oxygen atoms in total. The van der Waals surface area contributed by atoms with E-state index in [1.807, 2.05) is 31.6 Å². The zero-order valence-corrected chi connectivity index (χ0v) is 13.3. The summed E-state index contributed by atoms with van der Waals surface area (Å²) >= 11 is 3.39. The van der Waals surface area contributed by atoms with Gasteiger partial charge in [0.05, 0.1) is 16.7 Å². The molecule has 1 fully saturated rings. The Balaban J connectivity index is 1.84. The number of carbonyl (C=O) groups excluding carboxylic acids is 1. The minimum atomic E-state index is -0.443. The Labute approximate surface area is 122 Å². The molecule has 0 saturated heterocycles. The highest BCUT2D eigenvalue weighted by molar-refractivity contribution is 9.10. The largest absolute Gasteiger partial charge is 0.444 e. The Hall–Kier alpha value is -1.04. The SMILES string of the molecule is CN(C(=O)OC(C)(C)C)C1CC(n2cc(Br)cn2)C1. The third-order valence-corrected chi connectivity index (χ3v) is 3.67. The van der Waals surface area contributed by atoms with Crippen LogP contribution in [0.15, 0.2) is 16.9 Å². The molecule has 1 heterocycles. The van der Waals surface area contributed by atoms with Crippen LogP contribution in [0.2, 0.25) is 0 Å². The molecule has 0 aliphatic heterocycles. The minimum absolute atomic E-state index is 0.239. The number of nitrogens with zero attached hydrogens (tertiary/aromatic N) is 3. The number of carbonyl (C=O) groups is 1. The van der Waals surface area contributed by atoms with E-state index >= 15 is 0 Å². The van der Waals surface area contributed by atoms with Gasteiger partial charge in [-0.15, -0.1) is 0 Å². The van der Waals surface area contributed by atoms with Crippen LogP contribution in [0.25, 0.3) is 0 Å². The van der Waals surface area contributed by atoms with Crippen LogP contribution < -0.4 is 0 Å². The summed E-state index contributed by atoms with van der Waals surface area (Å²) in [7, 11) is 1.80. The molecule has 0 aromatic carbocycles. The molecule has 0 spiro atoms. The van der Waals surface area contributed by atoms with E-state index in [1.165, 1.54) is 0 Å². The number of ether oxygens (including phenoxy) is 1. The summed E-state index contributed by atoms with van der Waals surface area (Å²) in [6.45, 7) is 5.64. The molecule has 19 heavy (non-hydrogen) atoms. The number of halogens is 1. The Bertz CT molecular complexity index is 461. The van der Waals surface area contributed by atoms with E-state index in [9.17, 15) is 4.79 Å². The van der Waals surface area contributed by atoms with Crippen LogP contribution in [0.5, 0.6) is 0 Å². The highest BCUT2D eigenvalue weighted by Crippen LogP contribution is 2.35. The van der Waals surface area contributed by atoms with Crippen molar-refractivity contribution in [1.29, 1.82) is 0 Å². The van der Waals surface area contributed by atoms with Gasteiger partial charge in [-0.3, -0.25) is 4.68 Å². The maximum absolute atomic E-state index is 11.9. The molecule has 2 rings (SSSR count). The van der Waals surface area contributed by atoms with Crippen LogP contribution in [0, 0.1) is 0 Å².